The predicted octanol–water partition coefficient (Wildman–Crippen LogP) is -4.31. The molecule has 0 saturated carbocycles. The molecule has 0 heterocycles. The van der Waals surface area contributed by atoms with E-state index in [1.54, 1.807) is 0 Å². The standard InChI is InChI=1S/2C4H6O6.C4H6O4/c2*5-1(3(7)8)2(6)4(9)10;5-3(6)1-2-4(7)8/h2*1-2,5-6H,(H,7,8)(H,9,10);1-2H2,(H,5,6)(H,7,8). The van der Waals surface area contributed by atoms with Crippen molar-refractivity contribution in [2.75, 3.05) is 0 Å². The van der Waals surface area contributed by atoms with Crippen LogP contribution in [0.3, 0.4) is 0 Å². The zero-order valence-corrected chi connectivity index (χ0v) is 13.6. The first kappa shape index (κ1) is 29.4. The third-order valence-electron chi connectivity index (χ3n) is 2.16. The van der Waals surface area contributed by atoms with Crippen molar-refractivity contribution in [3.05, 3.63) is 0 Å². The number of hydrogen-bond acceptors (Lipinski definition) is 10. The van der Waals surface area contributed by atoms with Crippen LogP contribution >= 0.6 is 0 Å². The molecule has 16 nitrogen and oxygen atoms in total. The van der Waals surface area contributed by atoms with E-state index in [4.69, 9.17) is 51.1 Å². The van der Waals surface area contributed by atoms with Crippen LogP contribution in [0.5, 0.6) is 0 Å². The fourth-order valence-electron chi connectivity index (χ4n) is 0.754. The Morgan fingerprint density at radius 3 is 0.643 bits per heavy atom. The van der Waals surface area contributed by atoms with E-state index in [2.05, 4.69) is 0 Å². The van der Waals surface area contributed by atoms with Gasteiger partial charge in [-0.3, -0.25) is 9.59 Å². The van der Waals surface area contributed by atoms with Gasteiger partial charge in [0.05, 0.1) is 12.8 Å². The molecule has 0 aliphatic carbocycles. The molecule has 0 spiro atoms. The van der Waals surface area contributed by atoms with Crippen molar-refractivity contribution in [1.82, 2.24) is 0 Å². The minimum absolute atomic E-state index is 0.296. The van der Waals surface area contributed by atoms with Gasteiger partial charge in [-0.1, -0.05) is 0 Å². The topological polar surface area (TPSA) is 305 Å². The summed E-state index contributed by atoms with van der Waals surface area (Å²) in [6, 6.07) is 0. The van der Waals surface area contributed by atoms with Gasteiger partial charge in [-0.05, 0) is 0 Å². The van der Waals surface area contributed by atoms with Gasteiger partial charge in [-0.25, -0.2) is 19.2 Å². The molecule has 0 aromatic carbocycles. The Hall–Kier alpha value is -3.34. The van der Waals surface area contributed by atoms with Crippen molar-refractivity contribution < 1.29 is 79.8 Å². The zero-order chi connectivity index (χ0) is 23.2. The van der Waals surface area contributed by atoms with E-state index in [1.807, 2.05) is 0 Å². The first-order valence-electron chi connectivity index (χ1n) is 6.63. The molecule has 0 rings (SSSR count). The highest BCUT2D eigenvalue weighted by atomic mass is 16.4. The van der Waals surface area contributed by atoms with Crippen LogP contribution in [0.15, 0.2) is 0 Å². The molecule has 16 heteroatoms. The number of aliphatic hydroxyl groups excluding tert-OH is 4. The van der Waals surface area contributed by atoms with Crippen LogP contribution in [0.1, 0.15) is 12.8 Å². The Morgan fingerprint density at radius 1 is 0.429 bits per heavy atom. The van der Waals surface area contributed by atoms with Crippen molar-refractivity contribution in [1.29, 1.82) is 0 Å². The number of carboxylic acid groups (broad SMARTS) is 6. The second-order valence-corrected chi connectivity index (χ2v) is 4.42. The van der Waals surface area contributed by atoms with Gasteiger partial charge in [0.1, 0.15) is 0 Å². The van der Waals surface area contributed by atoms with Crippen LogP contribution < -0.4 is 0 Å². The average Bonchev–Trinajstić information content (AvgIpc) is 2.57. The van der Waals surface area contributed by atoms with Gasteiger partial charge in [0.2, 0.25) is 0 Å². The highest BCUT2D eigenvalue weighted by Gasteiger charge is 2.30. The molecule has 0 amide bonds. The monoisotopic (exact) mass is 418 g/mol. The molecule has 0 aliphatic rings. The molecule has 0 fully saturated rings. The lowest BCUT2D eigenvalue weighted by Crippen LogP contribution is -2.39. The summed E-state index contributed by atoms with van der Waals surface area (Å²) in [4.78, 5) is 58.4. The fraction of sp³-hybridized carbons (Fsp3) is 0.500. The molecule has 0 aromatic heterocycles. The molecule has 4 unspecified atom stereocenters. The molecule has 0 radical (unpaired) electrons. The molecule has 162 valence electrons. The normalized spacial score (nSPS) is 13.7. The summed E-state index contributed by atoms with van der Waals surface area (Å²) in [5, 5.41) is 80.8. The Balaban J connectivity index is -0.000000337. The number of aliphatic hydroxyl groups is 4. The summed E-state index contributed by atoms with van der Waals surface area (Å²) in [7, 11) is 0. The highest BCUT2D eigenvalue weighted by Crippen LogP contribution is 1.93. The molecule has 0 aliphatic heterocycles. The molecular weight excluding hydrogens is 400 g/mol. The number of carbonyl (C=O) groups is 6. The Labute approximate surface area is 154 Å². The minimum Gasteiger partial charge on any atom is -0.481 e. The third-order valence-corrected chi connectivity index (χ3v) is 2.16. The van der Waals surface area contributed by atoms with Crippen molar-refractivity contribution in [3.63, 3.8) is 0 Å². The van der Waals surface area contributed by atoms with Crippen LogP contribution in [0.2, 0.25) is 0 Å². The van der Waals surface area contributed by atoms with Gasteiger partial charge in [0.15, 0.2) is 24.4 Å². The van der Waals surface area contributed by atoms with Gasteiger partial charge in [0.25, 0.3) is 0 Å². The first-order chi connectivity index (χ1) is 12.6. The van der Waals surface area contributed by atoms with Crippen LogP contribution in [0.25, 0.3) is 0 Å². The van der Waals surface area contributed by atoms with Crippen LogP contribution in [-0.4, -0.2) is 111 Å². The quantitative estimate of drug-likeness (QED) is 0.169. The smallest absolute Gasteiger partial charge is 0.335 e. The van der Waals surface area contributed by atoms with E-state index in [9.17, 15) is 28.8 Å². The van der Waals surface area contributed by atoms with Crippen molar-refractivity contribution in [2.45, 2.75) is 37.3 Å². The Morgan fingerprint density at radius 2 is 0.571 bits per heavy atom. The fourth-order valence-corrected chi connectivity index (χ4v) is 0.754. The maximum absolute atomic E-state index is 9.77. The van der Waals surface area contributed by atoms with E-state index in [0.29, 0.717) is 0 Å². The molecular formula is C12H18O16. The Bertz CT molecular complexity index is 482. The van der Waals surface area contributed by atoms with Gasteiger partial charge in [0, 0.05) is 0 Å². The summed E-state index contributed by atoms with van der Waals surface area (Å²) in [6.45, 7) is 0. The van der Waals surface area contributed by atoms with E-state index >= 15 is 0 Å². The van der Waals surface area contributed by atoms with Crippen molar-refractivity contribution in [2.24, 2.45) is 0 Å². The van der Waals surface area contributed by atoms with Crippen LogP contribution in [0, 0.1) is 0 Å². The van der Waals surface area contributed by atoms with E-state index in [1.165, 1.54) is 0 Å². The summed E-state index contributed by atoms with van der Waals surface area (Å²) in [6.07, 6.45) is -9.66. The highest BCUT2D eigenvalue weighted by molar-refractivity contribution is 5.83. The lowest BCUT2D eigenvalue weighted by molar-refractivity contribution is -0.165. The van der Waals surface area contributed by atoms with E-state index < -0.39 is 60.2 Å². The number of carboxylic acids is 6. The summed E-state index contributed by atoms with van der Waals surface area (Å²) in [5.41, 5.74) is 0. The van der Waals surface area contributed by atoms with E-state index in [-0.39, 0.29) is 12.8 Å². The lowest BCUT2D eigenvalue weighted by Gasteiger charge is -2.07. The van der Waals surface area contributed by atoms with Crippen molar-refractivity contribution >= 4 is 35.8 Å². The molecule has 0 saturated heterocycles. The largest absolute Gasteiger partial charge is 0.481 e. The maximum Gasteiger partial charge on any atom is 0.335 e. The zero-order valence-electron chi connectivity index (χ0n) is 13.6. The maximum atomic E-state index is 9.77. The molecule has 28 heavy (non-hydrogen) atoms. The molecule has 0 aromatic rings. The van der Waals surface area contributed by atoms with Gasteiger partial charge < -0.3 is 51.1 Å². The molecule has 10 N–H and O–H groups in total. The number of rotatable bonds is 9. The van der Waals surface area contributed by atoms with Gasteiger partial charge >= 0.3 is 35.8 Å². The van der Waals surface area contributed by atoms with Crippen molar-refractivity contribution in [3.8, 4) is 0 Å². The molecule has 4 atom stereocenters. The lowest BCUT2D eigenvalue weighted by atomic mass is 10.2. The number of hydrogen-bond donors (Lipinski definition) is 10. The summed E-state index contributed by atoms with van der Waals surface area (Å²) in [5.74, 6) is -9.23. The minimum atomic E-state index is -2.27. The Kier molecular flexibility index (Phi) is 15.5. The van der Waals surface area contributed by atoms with E-state index in [0.717, 1.165) is 0 Å². The van der Waals surface area contributed by atoms with Gasteiger partial charge in [-0.15, -0.1) is 0 Å². The number of aliphatic carboxylic acids is 6. The SMILES string of the molecule is O=C(O)C(O)C(O)C(=O)O.O=C(O)C(O)C(O)C(=O)O.O=C(O)CCC(=O)O. The first-order valence-corrected chi connectivity index (χ1v) is 6.63. The summed E-state index contributed by atoms with van der Waals surface area (Å²) < 4.78 is 0. The summed E-state index contributed by atoms with van der Waals surface area (Å²) >= 11 is 0. The third kappa shape index (κ3) is 16.1. The van der Waals surface area contributed by atoms with Crippen LogP contribution in [0.4, 0.5) is 0 Å². The second kappa shape index (κ2) is 14.8. The van der Waals surface area contributed by atoms with Crippen LogP contribution in [-0.2, 0) is 28.8 Å². The average molecular weight is 418 g/mol. The molecule has 0 bridgehead atoms. The predicted molar refractivity (Wildman–Crippen MR) is 79.1 cm³/mol. The van der Waals surface area contributed by atoms with Gasteiger partial charge in [-0.2, -0.15) is 0 Å². The second-order valence-electron chi connectivity index (χ2n) is 4.42.